The van der Waals surface area contributed by atoms with Crippen molar-refractivity contribution in [1.82, 2.24) is 15.2 Å². The summed E-state index contributed by atoms with van der Waals surface area (Å²) in [5.74, 6) is 1.49. The molecular formula is C19H19BrFN5O5S. The molecular weight excluding hydrogens is 509 g/mol. The van der Waals surface area contributed by atoms with Crippen molar-refractivity contribution >= 4 is 51.2 Å². The van der Waals surface area contributed by atoms with Crippen molar-refractivity contribution in [3.05, 3.63) is 40.1 Å². The molecule has 3 rings (SSSR count). The Balaban J connectivity index is 1.74. The van der Waals surface area contributed by atoms with Gasteiger partial charge in [-0.25, -0.2) is 23.5 Å². The fourth-order valence-electron chi connectivity index (χ4n) is 2.46. The number of carbonyl (C=O) groups excluding carboxylic acids is 2. The lowest BCUT2D eigenvalue weighted by molar-refractivity contribution is 0.0309. The molecule has 1 aromatic heterocycles. The summed E-state index contributed by atoms with van der Waals surface area (Å²) in [6, 6.07) is 4.12. The Morgan fingerprint density at radius 3 is 2.78 bits per heavy atom. The van der Waals surface area contributed by atoms with Gasteiger partial charge < -0.3 is 14.5 Å². The van der Waals surface area contributed by atoms with E-state index < -0.39 is 17.5 Å². The number of nitrogens with zero attached hydrogens (tertiary/aromatic N) is 5. The second-order valence-corrected chi connectivity index (χ2v) is 9.45. The normalized spacial score (nSPS) is 13.5. The monoisotopic (exact) mass is 527 g/mol. The maximum Gasteiger partial charge on any atom is 0.410 e. The van der Waals surface area contributed by atoms with Gasteiger partial charge in [0.2, 0.25) is 5.84 Å². The van der Waals surface area contributed by atoms with Crippen molar-refractivity contribution in [3.8, 4) is 0 Å². The molecule has 1 amide bonds. The standard InChI is InChI=1S/C19H19BrFN5O5S/c1-19(2,3)29-18(28)25(4)7-8-32-17-15(22-31-24-17)16-23-30-14(10-27)26(16)11-5-6-13(21)12(20)9-11/h5-6,9H,7-8H2,1-4H3. The molecule has 1 aliphatic rings. The quantitative estimate of drug-likeness (QED) is 0.408. The largest absolute Gasteiger partial charge is 0.444 e. The maximum absolute atomic E-state index is 13.7. The molecule has 0 unspecified atom stereocenters. The molecule has 0 aliphatic carbocycles. The van der Waals surface area contributed by atoms with Crippen LogP contribution in [0.2, 0.25) is 0 Å². The highest BCUT2D eigenvalue weighted by molar-refractivity contribution is 9.10. The number of hydrogen-bond acceptors (Lipinski definition) is 10. The molecule has 1 aliphatic heterocycles. The molecule has 0 atom stereocenters. The molecule has 0 radical (unpaired) electrons. The van der Waals surface area contributed by atoms with Gasteiger partial charge in [0.15, 0.2) is 16.7 Å². The summed E-state index contributed by atoms with van der Waals surface area (Å²) in [7, 11) is 1.63. The molecule has 32 heavy (non-hydrogen) atoms. The molecule has 2 heterocycles. The van der Waals surface area contributed by atoms with Gasteiger partial charge in [0.25, 0.3) is 0 Å². The second kappa shape index (κ2) is 9.72. The molecule has 0 bridgehead atoms. The molecule has 13 heteroatoms. The van der Waals surface area contributed by atoms with Crippen LogP contribution in [0.25, 0.3) is 0 Å². The van der Waals surface area contributed by atoms with E-state index in [-0.39, 0.29) is 21.9 Å². The first-order valence-electron chi connectivity index (χ1n) is 9.26. The summed E-state index contributed by atoms with van der Waals surface area (Å²) in [6.07, 6.45) is -0.445. The van der Waals surface area contributed by atoms with E-state index in [4.69, 9.17) is 14.2 Å². The predicted octanol–water partition coefficient (Wildman–Crippen LogP) is 3.80. The van der Waals surface area contributed by atoms with Crippen LogP contribution in [-0.2, 0) is 14.4 Å². The Bertz CT molecular complexity index is 1100. The van der Waals surface area contributed by atoms with Crippen LogP contribution in [0.5, 0.6) is 0 Å². The van der Waals surface area contributed by atoms with Crippen LogP contribution >= 0.6 is 27.7 Å². The van der Waals surface area contributed by atoms with Gasteiger partial charge in [-0.1, -0.05) is 16.9 Å². The average Bonchev–Trinajstić information content (AvgIpc) is 3.34. The number of oxime groups is 1. The zero-order chi connectivity index (χ0) is 23.5. The summed E-state index contributed by atoms with van der Waals surface area (Å²) < 4.78 is 24.0. The van der Waals surface area contributed by atoms with Crippen molar-refractivity contribution in [2.45, 2.75) is 31.4 Å². The van der Waals surface area contributed by atoms with Crippen LogP contribution in [0.15, 0.2) is 43.4 Å². The summed E-state index contributed by atoms with van der Waals surface area (Å²) in [4.78, 5) is 31.2. The fourth-order valence-corrected chi connectivity index (χ4v) is 3.74. The van der Waals surface area contributed by atoms with Crippen LogP contribution in [0.1, 0.15) is 26.5 Å². The molecule has 0 fully saturated rings. The lowest BCUT2D eigenvalue weighted by atomic mass is 10.2. The number of hydrogen-bond donors (Lipinski definition) is 0. The molecule has 0 saturated heterocycles. The van der Waals surface area contributed by atoms with Crippen LogP contribution in [-0.4, -0.2) is 58.0 Å². The first-order valence-corrected chi connectivity index (χ1v) is 11.0. The highest BCUT2D eigenvalue weighted by Gasteiger charge is 2.34. The lowest BCUT2D eigenvalue weighted by Crippen LogP contribution is -2.35. The highest BCUT2D eigenvalue weighted by Crippen LogP contribution is 2.32. The van der Waals surface area contributed by atoms with Crippen molar-refractivity contribution in [2.24, 2.45) is 5.16 Å². The van der Waals surface area contributed by atoms with Crippen molar-refractivity contribution < 1.29 is 28.2 Å². The van der Waals surface area contributed by atoms with Crippen LogP contribution in [0.4, 0.5) is 14.9 Å². The van der Waals surface area contributed by atoms with Gasteiger partial charge >= 0.3 is 12.0 Å². The first-order chi connectivity index (χ1) is 15.1. The Kier molecular flexibility index (Phi) is 7.22. The number of amidine groups is 1. The van der Waals surface area contributed by atoms with Crippen LogP contribution in [0.3, 0.4) is 0 Å². The van der Waals surface area contributed by atoms with Crippen molar-refractivity contribution in [2.75, 3.05) is 24.2 Å². The Hall–Kier alpha value is -2.89. The SMILES string of the molecule is CN(CCSc1nonc1C1=NOC(=C=O)N1c1ccc(F)c(Br)c1)C(=O)OC(C)(C)C. The molecule has 170 valence electrons. The van der Waals surface area contributed by atoms with Gasteiger partial charge in [0, 0.05) is 19.3 Å². The molecule has 10 nitrogen and oxygen atoms in total. The number of ether oxygens (including phenoxy) is 1. The van der Waals surface area contributed by atoms with Crippen LogP contribution in [0, 0.1) is 5.82 Å². The number of aromatic nitrogens is 2. The number of halogens is 2. The van der Waals surface area contributed by atoms with Crippen molar-refractivity contribution in [3.63, 3.8) is 0 Å². The summed E-state index contributed by atoms with van der Waals surface area (Å²) in [5, 5.41) is 12.0. The lowest BCUT2D eigenvalue weighted by Gasteiger charge is -2.24. The summed E-state index contributed by atoms with van der Waals surface area (Å²) in [5.41, 5.74) is 0.00220. The molecule has 0 N–H and O–H groups in total. The number of benzene rings is 1. The number of anilines is 1. The van der Waals surface area contributed by atoms with Gasteiger partial charge in [0.1, 0.15) is 11.4 Å². The third kappa shape index (κ3) is 5.47. The molecule has 1 aromatic carbocycles. The van der Waals surface area contributed by atoms with E-state index >= 15 is 0 Å². The third-order valence-electron chi connectivity index (χ3n) is 3.92. The second-order valence-electron chi connectivity index (χ2n) is 7.52. The van der Waals surface area contributed by atoms with Gasteiger partial charge in [-0.15, -0.1) is 0 Å². The number of amides is 1. The third-order valence-corrected chi connectivity index (χ3v) is 5.46. The minimum atomic E-state index is -0.592. The molecule has 2 aromatic rings. The highest BCUT2D eigenvalue weighted by atomic mass is 79.9. The molecule has 0 saturated carbocycles. The predicted molar refractivity (Wildman–Crippen MR) is 117 cm³/mol. The Morgan fingerprint density at radius 1 is 1.38 bits per heavy atom. The van der Waals surface area contributed by atoms with Crippen molar-refractivity contribution in [1.29, 1.82) is 0 Å². The van der Waals surface area contributed by atoms with E-state index in [0.717, 1.165) is 0 Å². The first kappa shape index (κ1) is 23.8. The molecule has 0 spiro atoms. The summed E-state index contributed by atoms with van der Waals surface area (Å²) >= 11 is 4.37. The van der Waals surface area contributed by atoms with E-state index in [9.17, 15) is 14.0 Å². The average molecular weight is 528 g/mol. The van der Waals surface area contributed by atoms with E-state index in [1.165, 1.54) is 39.8 Å². The maximum atomic E-state index is 13.7. The van der Waals surface area contributed by atoms with E-state index in [0.29, 0.717) is 23.0 Å². The van der Waals surface area contributed by atoms with E-state index in [1.54, 1.807) is 33.8 Å². The Morgan fingerprint density at radius 2 is 2.12 bits per heavy atom. The number of thioether (sulfide) groups is 1. The van der Waals surface area contributed by atoms with E-state index in [2.05, 4.69) is 31.4 Å². The fraction of sp³-hybridized carbons (Fsp3) is 0.368. The minimum absolute atomic E-state index is 0.117. The number of rotatable bonds is 6. The van der Waals surface area contributed by atoms with Gasteiger partial charge in [-0.05, 0) is 65.2 Å². The topological polar surface area (TPSA) is 110 Å². The number of carbonyl (C=O) groups is 1. The zero-order valence-electron chi connectivity index (χ0n) is 17.6. The van der Waals surface area contributed by atoms with Gasteiger partial charge in [-0.3, -0.25) is 0 Å². The summed E-state index contributed by atoms with van der Waals surface area (Å²) in [6.45, 7) is 5.74. The van der Waals surface area contributed by atoms with E-state index in [1.807, 2.05) is 0 Å². The minimum Gasteiger partial charge on any atom is -0.444 e. The zero-order valence-corrected chi connectivity index (χ0v) is 20.0. The van der Waals surface area contributed by atoms with Gasteiger partial charge in [0.05, 0.1) is 10.2 Å². The smallest absolute Gasteiger partial charge is 0.410 e. The van der Waals surface area contributed by atoms with Gasteiger partial charge in [-0.2, -0.15) is 0 Å². The Labute approximate surface area is 195 Å². The van der Waals surface area contributed by atoms with Crippen LogP contribution < -0.4 is 4.90 Å².